The summed E-state index contributed by atoms with van der Waals surface area (Å²) in [6.45, 7) is 8.25. The zero-order chi connectivity index (χ0) is 18.3. The van der Waals surface area contributed by atoms with Crippen molar-refractivity contribution in [1.82, 2.24) is 0 Å². The van der Waals surface area contributed by atoms with Gasteiger partial charge in [-0.1, -0.05) is 24.3 Å². The van der Waals surface area contributed by atoms with Crippen LogP contribution in [0.2, 0.25) is 0 Å². The van der Waals surface area contributed by atoms with Gasteiger partial charge >= 0.3 is 5.97 Å². The van der Waals surface area contributed by atoms with Gasteiger partial charge in [-0.05, 0) is 103 Å². The quantitative estimate of drug-likeness (QED) is 0.430. The molecule has 0 N–H and O–H groups in total. The highest BCUT2D eigenvalue weighted by molar-refractivity contribution is 5.75. The fraction of sp³-hybridized carbons (Fsp3) is 0.783. The molecule has 0 aromatic heterocycles. The van der Waals surface area contributed by atoms with Crippen LogP contribution in [0, 0.1) is 29.1 Å². The van der Waals surface area contributed by atoms with E-state index in [1.807, 2.05) is 20.8 Å². The Morgan fingerprint density at radius 1 is 0.880 bits per heavy atom. The maximum atomic E-state index is 11.7. The van der Waals surface area contributed by atoms with Gasteiger partial charge in [0, 0.05) is 0 Å². The van der Waals surface area contributed by atoms with E-state index in [1.54, 1.807) is 0 Å². The molecular formula is C23H38O2. The maximum absolute atomic E-state index is 11.7. The number of hydrogen-bond donors (Lipinski definition) is 0. The molecule has 25 heavy (non-hydrogen) atoms. The number of esters is 1. The molecule has 2 rings (SSSR count). The summed E-state index contributed by atoms with van der Waals surface area (Å²) in [6, 6.07) is 0. The molecule has 0 heterocycles. The van der Waals surface area contributed by atoms with Gasteiger partial charge in [-0.3, -0.25) is 4.79 Å². The van der Waals surface area contributed by atoms with Crippen LogP contribution in [0.15, 0.2) is 24.3 Å². The van der Waals surface area contributed by atoms with Gasteiger partial charge in [0.1, 0.15) is 6.61 Å². The molecule has 2 fully saturated rings. The minimum Gasteiger partial charge on any atom is -0.461 e. The number of allylic oxidation sites excluding steroid dienone is 3. The van der Waals surface area contributed by atoms with Gasteiger partial charge in [0.15, 0.2) is 0 Å². The third-order valence-corrected chi connectivity index (χ3v) is 6.10. The van der Waals surface area contributed by atoms with Gasteiger partial charge in [0.25, 0.3) is 0 Å². The van der Waals surface area contributed by atoms with E-state index in [1.165, 1.54) is 51.4 Å². The SMILES string of the molecule is C/C=C/C1CCC(C2CCC(/C=C/COC(=O)C(C)(C)C)CC2)CC1. The van der Waals surface area contributed by atoms with E-state index in [-0.39, 0.29) is 5.97 Å². The molecule has 2 aliphatic rings. The molecule has 0 atom stereocenters. The van der Waals surface area contributed by atoms with Gasteiger partial charge in [-0.15, -0.1) is 0 Å². The average Bonchev–Trinajstić information content (AvgIpc) is 2.59. The highest BCUT2D eigenvalue weighted by Crippen LogP contribution is 2.41. The Balaban J connectivity index is 1.65. The number of ether oxygens (including phenoxy) is 1. The van der Waals surface area contributed by atoms with E-state index in [0.717, 1.165) is 17.8 Å². The van der Waals surface area contributed by atoms with Gasteiger partial charge in [0.05, 0.1) is 5.41 Å². The summed E-state index contributed by atoms with van der Waals surface area (Å²) in [5.41, 5.74) is -0.405. The van der Waals surface area contributed by atoms with E-state index >= 15 is 0 Å². The smallest absolute Gasteiger partial charge is 0.311 e. The number of carbonyl (C=O) groups is 1. The van der Waals surface area contributed by atoms with E-state index in [0.29, 0.717) is 12.5 Å². The van der Waals surface area contributed by atoms with Crippen LogP contribution in [0.25, 0.3) is 0 Å². The molecule has 0 aromatic carbocycles. The first-order valence-electron chi connectivity index (χ1n) is 10.4. The van der Waals surface area contributed by atoms with E-state index in [9.17, 15) is 4.79 Å². The minimum atomic E-state index is -0.405. The molecule has 0 radical (unpaired) electrons. The Labute approximate surface area is 155 Å². The van der Waals surface area contributed by atoms with Gasteiger partial charge in [-0.2, -0.15) is 0 Å². The molecule has 2 heteroatoms. The van der Waals surface area contributed by atoms with Crippen molar-refractivity contribution in [1.29, 1.82) is 0 Å². The van der Waals surface area contributed by atoms with Crippen molar-refractivity contribution >= 4 is 5.97 Å². The van der Waals surface area contributed by atoms with Gasteiger partial charge in [0.2, 0.25) is 0 Å². The Bertz CT molecular complexity index is 453. The lowest BCUT2D eigenvalue weighted by atomic mass is 9.69. The largest absolute Gasteiger partial charge is 0.461 e. The zero-order valence-corrected chi connectivity index (χ0v) is 16.8. The highest BCUT2D eigenvalue weighted by atomic mass is 16.5. The predicted molar refractivity (Wildman–Crippen MR) is 105 cm³/mol. The Kier molecular flexibility index (Phi) is 7.78. The molecule has 0 saturated heterocycles. The van der Waals surface area contributed by atoms with Gasteiger partial charge < -0.3 is 4.74 Å². The van der Waals surface area contributed by atoms with E-state index in [2.05, 4.69) is 31.2 Å². The van der Waals surface area contributed by atoms with Crippen molar-refractivity contribution in [3.63, 3.8) is 0 Å². The molecule has 2 aliphatic carbocycles. The number of hydrogen-bond acceptors (Lipinski definition) is 2. The standard InChI is InChI=1S/C23H38O2/c1-5-7-18-9-13-20(14-10-18)21-15-11-19(12-16-21)8-6-17-25-22(24)23(2,3)4/h5-8,18-21H,9-17H2,1-4H3/b7-5+,8-6+. The first kappa shape index (κ1) is 20.3. The minimum absolute atomic E-state index is 0.116. The lowest BCUT2D eigenvalue weighted by molar-refractivity contribution is -0.151. The van der Waals surface area contributed by atoms with Crippen molar-refractivity contribution in [3.8, 4) is 0 Å². The van der Waals surface area contributed by atoms with Crippen molar-refractivity contribution < 1.29 is 9.53 Å². The molecule has 2 nitrogen and oxygen atoms in total. The maximum Gasteiger partial charge on any atom is 0.311 e. The second-order valence-corrected chi connectivity index (χ2v) is 9.15. The van der Waals surface area contributed by atoms with Crippen molar-refractivity contribution in [2.45, 2.75) is 79.1 Å². The van der Waals surface area contributed by atoms with Crippen LogP contribution in [0.3, 0.4) is 0 Å². The molecule has 0 amide bonds. The molecule has 142 valence electrons. The van der Waals surface area contributed by atoms with Crippen molar-refractivity contribution in [2.75, 3.05) is 6.61 Å². The van der Waals surface area contributed by atoms with Crippen LogP contribution in [0.5, 0.6) is 0 Å². The summed E-state index contributed by atoms with van der Waals surface area (Å²) in [5.74, 6) is 3.34. The number of carbonyl (C=O) groups excluding carboxylic acids is 1. The lowest BCUT2D eigenvalue weighted by Crippen LogP contribution is -2.25. The summed E-state index contributed by atoms with van der Waals surface area (Å²) in [5, 5.41) is 0. The first-order valence-corrected chi connectivity index (χ1v) is 10.4. The molecule has 0 aromatic rings. The summed E-state index contributed by atoms with van der Waals surface area (Å²) < 4.78 is 5.31. The van der Waals surface area contributed by atoms with Crippen LogP contribution >= 0.6 is 0 Å². The third kappa shape index (κ3) is 6.64. The predicted octanol–water partition coefficient (Wildman–Crippen LogP) is 6.32. The Morgan fingerprint density at radius 3 is 1.80 bits per heavy atom. The molecule has 2 saturated carbocycles. The normalized spacial score (nSPS) is 31.5. The molecule has 0 spiro atoms. The lowest BCUT2D eigenvalue weighted by Gasteiger charge is -2.36. The van der Waals surface area contributed by atoms with Crippen molar-refractivity contribution in [3.05, 3.63) is 24.3 Å². The third-order valence-electron chi connectivity index (χ3n) is 6.10. The monoisotopic (exact) mass is 346 g/mol. The van der Waals surface area contributed by atoms with Gasteiger partial charge in [-0.25, -0.2) is 0 Å². The van der Waals surface area contributed by atoms with Crippen LogP contribution < -0.4 is 0 Å². The van der Waals surface area contributed by atoms with Crippen LogP contribution in [0.1, 0.15) is 79.1 Å². The fourth-order valence-corrected chi connectivity index (χ4v) is 4.48. The van der Waals surface area contributed by atoms with Crippen molar-refractivity contribution in [2.24, 2.45) is 29.1 Å². The molecular weight excluding hydrogens is 308 g/mol. The average molecular weight is 347 g/mol. The van der Waals surface area contributed by atoms with E-state index < -0.39 is 5.41 Å². The van der Waals surface area contributed by atoms with Crippen LogP contribution in [-0.2, 0) is 9.53 Å². The van der Waals surface area contributed by atoms with Crippen LogP contribution in [-0.4, -0.2) is 12.6 Å². The Morgan fingerprint density at radius 2 is 1.36 bits per heavy atom. The summed E-state index contributed by atoms with van der Waals surface area (Å²) >= 11 is 0. The first-order chi connectivity index (χ1) is 11.9. The fourth-order valence-electron chi connectivity index (χ4n) is 4.48. The second-order valence-electron chi connectivity index (χ2n) is 9.15. The second kappa shape index (κ2) is 9.59. The zero-order valence-electron chi connectivity index (χ0n) is 16.8. The highest BCUT2D eigenvalue weighted by Gasteiger charge is 2.29. The number of rotatable bonds is 5. The summed E-state index contributed by atoms with van der Waals surface area (Å²) in [4.78, 5) is 11.7. The molecule has 0 bridgehead atoms. The topological polar surface area (TPSA) is 26.3 Å². The Hall–Kier alpha value is -1.05. The molecule has 0 unspecified atom stereocenters. The molecule has 0 aliphatic heterocycles. The summed E-state index contributed by atoms with van der Waals surface area (Å²) in [7, 11) is 0. The summed E-state index contributed by atoms with van der Waals surface area (Å²) in [6.07, 6.45) is 20.0. The van der Waals surface area contributed by atoms with Crippen LogP contribution in [0.4, 0.5) is 0 Å². The van der Waals surface area contributed by atoms with E-state index in [4.69, 9.17) is 4.74 Å².